The summed E-state index contributed by atoms with van der Waals surface area (Å²) in [5, 5.41) is 20.2. The maximum Gasteiger partial charge on any atom is 1.00 e. The molecule has 13 heteroatoms. The largest absolute Gasteiger partial charge is 1.00 e. The molecule has 0 amide bonds. The fourth-order valence-electron chi connectivity index (χ4n) is 7.05. The molecule has 0 radical (unpaired) electrons. The predicted molar refractivity (Wildman–Crippen MR) is 231 cm³/mol. The number of hydrogen-bond donors (Lipinski definition) is 3. The minimum absolute atomic E-state index is 0. The molecule has 4 aromatic carbocycles. The molecule has 1 aliphatic rings. The number of aryl methyl sites for hydroxylation is 1. The van der Waals surface area contributed by atoms with Crippen molar-refractivity contribution in [2.24, 2.45) is 0 Å². The van der Waals surface area contributed by atoms with Gasteiger partial charge in [-0.15, -0.1) is 0 Å². The number of nitrogens with one attached hydrogen (secondary N) is 1. The summed E-state index contributed by atoms with van der Waals surface area (Å²) in [6, 6.07) is 27.7. The number of hydrogen-bond acceptors (Lipinski definition) is 5. The van der Waals surface area contributed by atoms with E-state index in [1.54, 1.807) is 24.5 Å². The SMILES string of the molecule is CC(C)c1[c-]c(C(C)C)ccc1.CC(C)c1cccc(C(C)C)c1B1N(C)c2cccc(O)c2-c2nccn21.CCc1cccc(O)c1-c1ncc[nH]1.FB(F)F.[K+]. The Kier molecular flexibility index (Phi) is 18.9. The molecule has 7 nitrogen and oxygen atoms in total. The Morgan fingerprint density at radius 3 is 1.74 bits per heavy atom. The van der Waals surface area contributed by atoms with E-state index in [9.17, 15) is 23.2 Å². The molecule has 58 heavy (non-hydrogen) atoms. The summed E-state index contributed by atoms with van der Waals surface area (Å²) in [5.41, 5.74) is 10.4. The Hall–Kier alpha value is -3.74. The van der Waals surface area contributed by atoms with Crippen LogP contribution in [0.5, 0.6) is 11.5 Å². The molecule has 3 heterocycles. The monoisotopic (exact) mass is 815 g/mol. The third kappa shape index (κ3) is 11.9. The van der Waals surface area contributed by atoms with Crippen molar-refractivity contribution in [1.82, 2.24) is 19.4 Å². The number of rotatable bonds is 7. The predicted octanol–water partition coefficient (Wildman–Crippen LogP) is 8.16. The van der Waals surface area contributed by atoms with E-state index in [2.05, 4.69) is 142 Å². The van der Waals surface area contributed by atoms with Crippen molar-refractivity contribution < 1.29 is 74.5 Å². The number of nitrogens with zero attached hydrogens (tertiary/aromatic N) is 4. The Labute approximate surface area is 386 Å². The zero-order valence-corrected chi connectivity index (χ0v) is 38.8. The van der Waals surface area contributed by atoms with E-state index in [1.807, 2.05) is 30.6 Å². The number of phenols is 2. The van der Waals surface area contributed by atoms with E-state index >= 15 is 0 Å². The Bertz CT molecular complexity index is 2130. The van der Waals surface area contributed by atoms with Gasteiger partial charge in [0.2, 0.25) is 0 Å². The van der Waals surface area contributed by atoms with Gasteiger partial charge in [-0.1, -0.05) is 98.7 Å². The second kappa shape index (κ2) is 22.6. The summed E-state index contributed by atoms with van der Waals surface area (Å²) in [4.78, 5) is 14.0. The summed E-state index contributed by atoms with van der Waals surface area (Å²) in [5.74, 6) is 4.10. The van der Waals surface area contributed by atoms with Crippen LogP contribution < -0.4 is 61.7 Å². The Morgan fingerprint density at radius 1 is 0.724 bits per heavy atom. The average molecular weight is 816 g/mol. The van der Waals surface area contributed by atoms with Crippen molar-refractivity contribution in [2.75, 3.05) is 11.9 Å². The molecule has 0 spiro atoms. The normalized spacial score (nSPS) is 11.5. The van der Waals surface area contributed by atoms with Gasteiger partial charge >= 0.3 is 65.9 Å². The van der Waals surface area contributed by atoms with Gasteiger partial charge in [0.05, 0.1) is 11.1 Å². The molecule has 6 aromatic rings. The second-order valence-corrected chi connectivity index (χ2v) is 15.2. The number of aromatic nitrogens is 4. The fraction of sp³-hybridized carbons (Fsp3) is 0.333. The molecule has 0 bridgehead atoms. The minimum atomic E-state index is -3.67. The first-order valence-electron chi connectivity index (χ1n) is 19.5. The second-order valence-electron chi connectivity index (χ2n) is 15.2. The zero-order valence-electron chi connectivity index (χ0n) is 35.7. The number of phenolic OH excluding ortho intramolecular Hbond substituents is 2. The Balaban J connectivity index is 0.000000244. The van der Waals surface area contributed by atoms with Gasteiger partial charge < -0.3 is 24.5 Å². The quantitative estimate of drug-likeness (QED) is 0.112. The van der Waals surface area contributed by atoms with E-state index in [-0.39, 0.29) is 69.9 Å². The third-order valence-electron chi connectivity index (χ3n) is 9.93. The molecule has 0 fully saturated rings. The van der Waals surface area contributed by atoms with Crippen LogP contribution in [0.2, 0.25) is 0 Å². The summed E-state index contributed by atoms with van der Waals surface area (Å²) in [7, 11) is -1.56. The first kappa shape index (κ1) is 48.6. The molecule has 1 aliphatic heterocycles. The van der Waals surface area contributed by atoms with Gasteiger partial charge in [-0.05, 0) is 77.5 Å². The maximum absolute atomic E-state index is 10.5. The first-order valence-corrected chi connectivity index (χ1v) is 19.5. The molecule has 7 rings (SSSR count). The minimum Gasteiger partial charge on any atom is -0.507 e. The van der Waals surface area contributed by atoms with Gasteiger partial charge in [0.1, 0.15) is 23.1 Å². The molecule has 0 saturated carbocycles. The van der Waals surface area contributed by atoms with Crippen LogP contribution in [0.3, 0.4) is 0 Å². The molecule has 2 aromatic heterocycles. The van der Waals surface area contributed by atoms with Gasteiger partial charge in [0.25, 0.3) is 0 Å². The van der Waals surface area contributed by atoms with E-state index in [0.717, 1.165) is 40.4 Å². The smallest absolute Gasteiger partial charge is 0.507 e. The van der Waals surface area contributed by atoms with Crippen LogP contribution in [0.4, 0.5) is 18.6 Å². The van der Waals surface area contributed by atoms with Gasteiger partial charge in [-0.2, -0.15) is 35.4 Å². The van der Waals surface area contributed by atoms with Crippen molar-refractivity contribution in [3.63, 3.8) is 0 Å². The number of imidazole rings is 2. The van der Waals surface area contributed by atoms with Crippen molar-refractivity contribution in [1.29, 1.82) is 0 Å². The van der Waals surface area contributed by atoms with Crippen LogP contribution in [-0.4, -0.2) is 51.2 Å². The van der Waals surface area contributed by atoms with Crippen molar-refractivity contribution >= 4 is 25.7 Å². The summed E-state index contributed by atoms with van der Waals surface area (Å²) < 4.78 is 31.2. The summed E-state index contributed by atoms with van der Waals surface area (Å²) in [6.07, 6.45) is 8.16. The van der Waals surface area contributed by atoms with Crippen molar-refractivity contribution in [3.05, 3.63) is 131 Å². The molecular weight excluding hydrogens is 760 g/mol. The molecule has 300 valence electrons. The van der Waals surface area contributed by atoms with Crippen LogP contribution in [-0.2, 0) is 6.42 Å². The van der Waals surface area contributed by atoms with Gasteiger partial charge in [0.15, 0.2) is 0 Å². The molecule has 0 saturated heterocycles. The van der Waals surface area contributed by atoms with E-state index in [1.165, 1.54) is 27.7 Å². The molecule has 0 atom stereocenters. The number of benzene rings is 4. The number of anilines is 1. The van der Waals surface area contributed by atoms with Crippen LogP contribution in [0, 0.1) is 6.07 Å². The van der Waals surface area contributed by atoms with Crippen molar-refractivity contribution in [2.45, 2.75) is 92.4 Å². The molecular formula is C45H55B2F3KN5O2. The van der Waals surface area contributed by atoms with Crippen LogP contribution in [0.15, 0.2) is 97.6 Å². The topological polar surface area (TPSA) is 90.2 Å². The summed E-state index contributed by atoms with van der Waals surface area (Å²) >= 11 is 0. The Morgan fingerprint density at radius 2 is 1.24 bits per heavy atom. The van der Waals surface area contributed by atoms with Crippen LogP contribution in [0.25, 0.3) is 22.8 Å². The number of aromatic amines is 1. The average Bonchev–Trinajstić information content (AvgIpc) is 3.88. The van der Waals surface area contributed by atoms with E-state index in [0.29, 0.717) is 23.7 Å². The van der Waals surface area contributed by atoms with Crippen molar-refractivity contribution in [3.8, 4) is 34.3 Å². The molecule has 0 aliphatic carbocycles. The molecule has 0 unspecified atom stereocenters. The fourth-order valence-corrected chi connectivity index (χ4v) is 7.05. The van der Waals surface area contributed by atoms with E-state index < -0.39 is 7.54 Å². The van der Waals surface area contributed by atoms with Gasteiger partial charge in [0, 0.05) is 30.5 Å². The summed E-state index contributed by atoms with van der Waals surface area (Å²) in [6.45, 7) is 19.9. The number of halogens is 3. The standard InChI is InChI=1S/C22H26BN3O.C12H17.C11H12N2O.BF3.K/c1-14(2)16-8-6-9-17(15(3)4)21(16)23-25(5)18-10-7-11-19(27)20(18)22-24-12-13-26(22)23;1-9(2)11-6-5-7-12(8-11)10(3)4;1-2-8-4-3-5-9(14)10(8)11-12-6-7-13-11;2-1(3)4;/h6-15,27H,1-5H3;5-7,9-10H,1-4H3;3-7,14H,2H2,1H3,(H,12,13);;/q;-1;;;+1. The van der Waals surface area contributed by atoms with Gasteiger partial charge in [-0.25, -0.2) is 9.97 Å². The maximum atomic E-state index is 10.5. The number of aromatic hydroxyl groups is 2. The van der Waals surface area contributed by atoms with Crippen LogP contribution >= 0.6 is 0 Å². The van der Waals surface area contributed by atoms with E-state index in [4.69, 9.17) is 0 Å². The number of H-pyrrole nitrogens is 1. The molecule has 3 N–H and O–H groups in total. The zero-order chi connectivity index (χ0) is 42.0. The number of fused-ring (bicyclic) bond motifs is 3. The first-order chi connectivity index (χ1) is 27.1. The van der Waals surface area contributed by atoms with Gasteiger partial charge in [-0.3, -0.25) is 12.9 Å². The third-order valence-corrected chi connectivity index (χ3v) is 9.93. The van der Waals surface area contributed by atoms with Crippen LogP contribution in [0.1, 0.15) is 114 Å².